The van der Waals surface area contributed by atoms with Gasteiger partial charge in [-0.1, -0.05) is 32.9 Å². The fourth-order valence-electron chi connectivity index (χ4n) is 2.97. The highest BCUT2D eigenvalue weighted by atomic mass is 28.4. The number of hydrogen-bond acceptors (Lipinski definition) is 4. The van der Waals surface area contributed by atoms with Gasteiger partial charge in [-0.2, -0.15) is 0 Å². The molecule has 2 aromatic carbocycles. The van der Waals surface area contributed by atoms with Gasteiger partial charge in [0.2, 0.25) is 0 Å². The zero-order valence-electron chi connectivity index (χ0n) is 16.0. The van der Waals surface area contributed by atoms with Gasteiger partial charge in [0.25, 0.3) is 8.32 Å². The molecule has 26 heavy (non-hydrogen) atoms. The lowest BCUT2D eigenvalue weighted by atomic mass is 10.1. The highest BCUT2D eigenvalue weighted by molar-refractivity contribution is 6.74. The predicted octanol–water partition coefficient (Wildman–Crippen LogP) is 5.66. The summed E-state index contributed by atoms with van der Waals surface area (Å²) in [6, 6.07) is 13.5. The summed E-state index contributed by atoms with van der Waals surface area (Å²) >= 11 is 0. The van der Waals surface area contributed by atoms with Crippen LogP contribution in [0.25, 0.3) is 12.2 Å². The van der Waals surface area contributed by atoms with E-state index in [1.165, 1.54) is 6.07 Å². The van der Waals surface area contributed by atoms with Gasteiger partial charge in [-0.25, -0.2) is 0 Å². The van der Waals surface area contributed by atoms with Crippen LogP contribution in [0.1, 0.15) is 31.9 Å². The summed E-state index contributed by atoms with van der Waals surface area (Å²) in [5.41, 5.74) is 1.66. The highest BCUT2D eigenvalue weighted by Crippen LogP contribution is 2.32. The smallest absolute Gasteiger partial charge is 0.250 e. The molecule has 0 aromatic heterocycles. The number of aromatic hydroxyl groups is 2. The number of methoxy groups -OCH3 is 1. The highest BCUT2D eigenvalue weighted by Gasteiger charge is 2.31. The average Bonchev–Trinajstić information content (AvgIpc) is 2.64. The van der Waals surface area contributed by atoms with Crippen LogP contribution in [0.4, 0.5) is 0 Å². The van der Waals surface area contributed by atoms with Crippen molar-refractivity contribution in [3.63, 3.8) is 0 Å². The fraction of sp³-hybridized carbons (Fsp3) is 0.333. The molecule has 0 radical (unpaired) electrons. The van der Waals surface area contributed by atoms with E-state index in [9.17, 15) is 10.2 Å². The van der Waals surface area contributed by atoms with Crippen molar-refractivity contribution in [3.05, 3.63) is 47.5 Å². The van der Waals surface area contributed by atoms with E-state index in [4.69, 9.17) is 9.16 Å². The second kappa shape index (κ2) is 8.81. The maximum atomic E-state index is 9.63. The number of benzene rings is 2. The Morgan fingerprint density at radius 2 is 1.50 bits per heavy atom. The molecule has 0 spiro atoms. The van der Waals surface area contributed by atoms with Crippen molar-refractivity contribution in [1.29, 1.82) is 0 Å². The van der Waals surface area contributed by atoms with Crippen LogP contribution < -0.4 is 9.16 Å². The minimum atomic E-state index is -1.82. The first-order valence-electron chi connectivity index (χ1n) is 9.03. The summed E-state index contributed by atoms with van der Waals surface area (Å²) < 4.78 is 11.9. The third-order valence-corrected chi connectivity index (χ3v) is 9.38. The van der Waals surface area contributed by atoms with Crippen LogP contribution in [0.15, 0.2) is 36.4 Å². The van der Waals surface area contributed by atoms with Crippen LogP contribution in [-0.2, 0) is 0 Å². The Morgan fingerprint density at radius 3 is 2.04 bits per heavy atom. The second-order valence-corrected chi connectivity index (χ2v) is 11.1. The van der Waals surface area contributed by atoms with Crippen LogP contribution in [-0.4, -0.2) is 25.6 Å². The Bertz CT molecular complexity index is 738. The Balaban J connectivity index is 2.40. The number of phenolic OH excluding ortho intramolecular Hbond substituents is 2. The van der Waals surface area contributed by atoms with E-state index < -0.39 is 8.32 Å². The van der Waals surface area contributed by atoms with Crippen molar-refractivity contribution in [2.75, 3.05) is 7.11 Å². The van der Waals surface area contributed by atoms with Crippen LogP contribution in [0.2, 0.25) is 18.1 Å². The number of ether oxygens (including phenoxy) is 1. The van der Waals surface area contributed by atoms with Gasteiger partial charge in [0.1, 0.15) is 23.0 Å². The molecule has 0 saturated heterocycles. The number of hydrogen-bond donors (Lipinski definition) is 2. The first-order chi connectivity index (χ1) is 12.4. The molecule has 0 fully saturated rings. The van der Waals surface area contributed by atoms with Gasteiger partial charge in [0.05, 0.1) is 7.11 Å². The first-order valence-corrected chi connectivity index (χ1v) is 11.6. The largest absolute Gasteiger partial charge is 0.543 e. The molecular weight excluding hydrogens is 344 g/mol. The van der Waals surface area contributed by atoms with E-state index in [0.29, 0.717) is 5.56 Å². The molecule has 0 atom stereocenters. The maximum Gasteiger partial charge on any atom is 0.250 e. The molecule has 0 saturated carbocycles. The molecule has 4 nitrogen and oxygen atoms in total. The van der Waals surface area contributed by atoms with Crippen molar-refractivity contribution in [1.82, 2.24) is 0 Å². The Kier molecular flexibility index (Phi) is 6.74. The van der Waals surface area contributed by atoms with E-state index in [2.05, 4.69) is 20.8 Å². The maximum absolute atomic E-state index is 9.63. The minimum absolute atomic E-state index is 0.0326. The predicted molar refractivity (Wildman–Crippen MR) is 110 cm³/mol. The van der Waals surface area contributed by atoms with Crippen LogP contribution in [0.3, 0.4) is 0 Å². The molecule has 2 N–H and O–H groups in total. The first kappa shape index (κ1) is 19.9. The third-order valence-electron chi connectivity index (χ3n) is 4.86. The molecule has 5 heteroatoms. The van der Waals surface area contributed by atoms with Crippen molar-refractivity contribution < 1.29 is 19.4 Å². The lowest BCUT2D eigenvalue weighted by molar-refractivity contribution is 0.411. The van der Waals surface area contributed by atoms with Gasteiger partial charge >= 0.3 is 0 Å². The van der Waals surface area contributed by atoms with Crippen LogP contribution in [0, 0.1) is 0 Å². The molecule has 0 bridgehead atoms. The quantitative estimate of drug-likeness (QED) is 0.463. The molecule has 140 valence electrons. The summed E-state index contributed by atoms with van der Waals surface area (Å²) in [4.78, 5) is 0. The topological polar surface area (TPSA) is 58.9 Å². The molecule has 0 aliphatic heterocycles. The van der Waals surface area contributed by atoms with Gasteiger partial charge in [-0.05, 0) is 48.0 Å². The zero-order valence-corrected chi connectivity index (χ0v) is 17.0. The molecule has 0 aliphatic carbocycles. The third kappa shape index (κ3) is 4.82. The summed E-state index contributed by atoms with van der Waals surface area (Å²) in [7, 11) is -0.174. The molecule has 2 rings (SSSR count). The van der Waals surface area contributed by atoms with E-state index in [0.717, 1.165) is 35.2 Å². The Labute approximate surface area is 156 Å². The van der Waals surface area contributed by atoms with Gasteiger partial charge in [0, 0.05) is 17.7 Å². The molecule has 0 aliphatic rings. The van der Waals surface area contributed by atoms with Crippen LogP contribution >= 0.6 is 0 Å². The lowest BCUT2D eigenvalue weighted by Crippen LogP contribution is -2.39. The summed E-state index contributed by atoms with van der Waals surface area (Å²) in [6.45, 7) is 6.60. The SMILES string of the molecule is CC[Si](CC)(CC)Oc1cc(OC)ccc1/C=C/c1cc(O)cc(O)c1. The normalized spacial score (nSPS) is 11.7. The summed E-state index contributed by atoms with van der Waals surface area (Å²) in [6.07, 6.45) is 3.78. The molecule has 2 aromatic rings. The van der Waals surface area contributed by atoms with Gasteiger partial charge in [-0.15, -0.1) is 0 Å². The van der Waals surface area contributed by atoms with E-state index in [1.807, 2.05) is 30.4 Å². The molecule has 0 unspecified atom stereocenters. The standard InChI is InChI=1S/C21H28O4Si/c1-5-26(6-2,7-3)25-21-15-20(24-4)11-10-17(21)9-8-16-12-18(22)14-19(23)13-16/h8-15,22-23H,5-7H2,1-4H3/b9-8+. The van der Waals surface area contributed by atoms with Crippen molar-refractivity contribution in [3.8, 4) is 23.0 Å². The summed E-state index contributed by atoms with van der Waals surface area (Å²) in [5, 5.41) is 19.3. The van der Waals surface area contributed by atoms with Gasteiger partial charge in [-0.3, -0.25) is 0 Å². The Morgan fingerprint density at radius 1 is 0.885 bits per heavy atom. The van der Waals surface area contributed by atoms with E-state index >= 15 is 0 Å². The zero-order chi connectivity index (χ0) is 19.2. The number of phenols is 2. The average molecular weight is 373 g/mol. The van der Waals surface area contributed by atoms with Crippen LogP contribution in [0.5, 0.6) is 23.0 Å². The van der Waals surface area contributed by atoms with Crippen molar-refractivity contribution >= 4 is 20.5 Å². The minimum Gasteiger partial charge on any atom is -0.543 e. The Hall–Kier alpha value is -2.40. The van der Waals surface area contributed by atoms with E-state index in [1.54, 1.807) is 19.2 Å². The number of rotatable bonds is 8. The molecular formula is C21H28O4Si. The monoisotopic (exact) mass is 372 g/mol. The van der Waals surface area contributed by atoms with Crippen molar-refractivity contribution in [2.45, 2.75) is 38.9 Å². The second-order valence-electron chi connectivity index (χ2n) is 6.37. The van der Waals surface area contributed by atoms with Crippen molar-refractivity contribution in [2.24, 2.45) is 0 Å². The van der Waals surface area contributed by atoms with Gasteiger partial charge < -0.3 is 19.4 Å². The van der Waals surface area contributed by atoms with Gasteiger partial charge in [0.15, 0.2) is 0 Å². The molecule has 0 heterocycles. The fourth-order valence-corrected chi connectivity index (χ4v) is 5.54. The lowest BCUT2D eigenvalue weighted by Gasteiger charge is -2.30. The summed E-state index contributed by atoms with van der Waals surface area (Å²) in [5.74, 6) is 1.65. The molecule has 0 amide bonds. The van der Waals surface area contributed by atoms with E-state index in [-0.39, 0.29) is 11.5 Å².